The molecule has 2 nitrogen and oxygen atoms in total. The van der Waals surface area contributed by atoms with E-state index in [1.807, 2.05) is 0 Å². The van der Waals surface area contributed by atoms with Gasteiger partial charge < -0.3 is 4.90 Å². The van der Waals surface area contributed by atoms with Crippen molar-refractivity contribution in [2.45, 2.75) is 44.9 Å². The zero-order valence-corrected chi connectivity index (χ0v) is 8.97. The zero-order valence-electron chi connectivity index (χ0n) is 8.97. The molecule has 0 amide bonds. The monoisotopic (exact) mass is 192 g/mol. The number of nitriles is 1. The second kappa shape index (κ2) is 4.31. The molecule has 78 valence electrons. The van der Waals surface area contributed by atoms with E-state index < -0.39 is 0 Å². The van der Waals surface area contributed by atoms with Crippen molar-refractivity contribution in [2.24, 2.45) is 5.41 Å². The van der Waals surface area contributed by atoms with Crippen LogP contribution in [0.3, 0.4) is 0 Å². The van der Waals surface area contributed by atoms with Gasteiger partial charge in [-0.3, -0.25) is 0 Å². The van der Waals surface area contributed by atoms with Crippen LogP contribution in [-0.2, 0) is 0 Å². The van der Waals surface area contributed by atoms with Gasteiger partial charge in [-0.1, -0.05) is 19.3 Å². The lowest BCUT2D eigenvalue weighted by molar-refractivity contribution is 0.166. The van der Waals surface area contributed by atoms with Crippen molar-refractivity contribution in [1.82, 2.24) is 4.90 Å². The lowest BCUT2D eigenvalue weighted by Gasteiger charge is -2.32. The maximum Gasteiger partial charge on any atom is 0.0703 e. The summed E-state index contributed by atoms with van der Waals surface area (Å²) in [7, 11) is 0. The van der Waals surface area contributed by atoms with E-state index in [9.17, 15) is 5.26 Å². The summed E-state index contributed by atoms with van der Waals surface area (Å²) in [6.07, 6.45) is 8.86. The van der Waals surface area contributed by atoms with Gasteiger partial charge in [-0.25, -0.2) is 0 Å². The van der Waals surface area contributed by atoms with E-state index in [1.165, 1.54) is 45.2 Å². The van der Waals surface area contributed by atoms with Crippen molar-refractivity contribution in [3.05, 3.63) is 0 Å². The molecule has 2 fully saturated rings. The number of hydrogen-bond acceptors (Lipinski definition) is 2. The molecule has 0 aromatic rings. The summed E-state index contributed by atoms with van der Waals surface area (Å²) in [5.74, 6) is 0. The largest absolute Gasteiger partial charge is 0.302 e. The molecule has 0 spiro atoms. The Kier molecular flexibility index (Phi) is 3.08. The highest BCUT2D eigenvalue weighted by Gasteiger charge is 2.35. The minimum absolute atomic E-state index is 0.0251. The van der Waals surface area contributed by atoms with Gasteiger partial charge in [0.1, 0.15) is 0 Å². The summed E-state index contributed by atoms with van der Waals surface area (Å²) in [4.78, 5) is 2.51. The molecule has 0 unspecified atom stereocenters. The predicted molar refractivity (Wildman–Crippen MR) is 56.8 cm³/mol. The second-order valence-electron chi connectivity index (χ2n) is 4.94. The first-order chi connectivity index (χ1) is 6.85. The van der Waals surface area contributed by atoms with E-state index in [0.717, 1.165) is 19.4 Å². The fourth-order valence-corrected chi connectivity index (χ4v) is 2.90. The number of rotatable bonds is 2. The van der Waals surface area contributed by atoms with Crippen molar-refractivity contribution < 1.29 is 0 Å². The molecule has 2 aliphatic rings. The van der Waals surface area contributed by atoms with E-state index in [0.29, 0.717) is 0 Å². The maximum absolute atomic E-state index is 9.27. The van der Waals surface area contributed by atoms with E-state index in [-0.39, 0.29) is 5.41 Å². The Morgan fingerprint density at radius 2 is 1.64 bits per heavy atom. The van der Waals surface area contributed by atoms with Crippen LogP contribution in [0.15, 0.2) is 0 Å². The molecular formula is C12H20N2. The third kappa shape index (κ3) is 2.09. The van der Waals surface area contributed by atoms with Crippen LogP contribution in [0.2, 0.25) is 0 Å². The van der Waals surface area contributed by atoms with E-state index in [1.54, 1.807) is 0 Å². The van der Waals surface area contributed by atoms with Crippen molar-refractivity contribution in [3.8, 4) is 6.07 Å². The second-order valence-corrected chi connectivity index (χ2v) is 4.94. The average molecular weight is 192 g/mol. The molecule has 1 aliphatic heterocycles. The molecule has 0 atom stereocenters. The van der Waals surface area contributed by atoms with Gasteiger partial charge in [-0.15, -0.1) is 0 Å². The molecule has 14 heavy (non-hydrogen) atoms. The standard InChI is InChI=1S/C12H20N2/c13-10-12(6-2-3-7-12)11-14-8-4-1-5-9-14/h1-9,11H2. The van der Waals surface area contributed by atoms with Gasteiger partial charge in [-0.05, 0) is 38.8 Å². The van der Waals surface area contributed by atoms with Crippen LogP contribution in [0, 0.1) is 16.7 Å². The summed E-state index contributed by atoms with van der Waals surface area (Å²) in [6.45, 7) is 3.50. The molecule has 1 saturated carbocycles. The molecule has 2 rings (SSSR count). The van der Waals surface area contributed by atoms with Crippen molar-refractivity contribution in [1.29, 1.82) is 5.26 Å². The smallest absolute Gasteiger partial charge is 0.0703 e. The summed E-state index contributed by atoms with van der Waals surface area (Å²) in [5, 5.41) is 9.27. The molecule has 0 bridgehead atoms. The average Bonchev–Trinajstić information content (AvgIpc) is 2.69. The van der Waals surface area contributed by atoms with Crippen molar-refractivity contribution >= 4 is 0 Å². The maximum atomic E-state index is 9.27. The summed E-state index contributed by atoms with van der Waals surface area (Å²) >= 11 is 0. The summed E-state index contributed by atoms with van der Waals surface area (Å²) in [6, 6.07) is 2.58. The minimum atomic E-state index is 0.0251. The molecule has 0 aromatic heterocycles. The van der Waals surface area contributed by atoms with E-state index in [2.05, 4.69) is 11.0 Å². The normalized spacial score (nSPS) is 27.4. The Morgan fingerprint density at radius 1 is 1.00 bits per heavy atom. The van der Waals surface area contributed by atoms with Crippen molar-refractivity contribution in [2.75, 3.05) is 19.6 Å². The number of piperidine rings is 1. The zero-order chi connectivity index (χ0) is 9.86. The Hall–Kier alpha value is -0.550. The Balaban J connectivity index is 1.90. The lowest BCUT2D eigenvalue weighted by atomic mass is 9.87. The first kappa shape index (κ1) is 9.98. The highest BCUT2D eigenvalue weighted by atomic mass is 15.1. The predicted octanol–water partition coefficient (Wildman–Crippen LogP) is 2.56. The summed E-state index contributed by atoms with van der Waals surface area (Å²) in [5.41, 5.74) is 0.0251. The summed E-state index contributed by atoms with van der Waals surface area (Å²) < 4.78 is 0. The highest BCUT2D eigenvalue weighted by molar-refractivity contribution is 5.03. The Morgan fingerprint density at radius 3 is 2.21 bits per heavy atom. The van der Waals surface area contributed by atoms with Crippen molar-refractivity contribution in [3.63, 3.8) is 0 Å². The van der Waals surface area contributed by atoms with Crippen LogP contribution in [0.1, 0.15) is 44.9 Å². The third-order valence-electron chi connectivity index (χ3n) is 3.77. The third-order valence-corrected chi connectivity index (χ3v) is 3.77. The van der Waals surface area contributed by atoms with Gasteiger partial charge in [-0.2, -0.15) is 5.26 Å². The Labute approximate surface area is 86.9 Å². The van der Waals surface area contributed by atoms with E-state index >= 15 is 0 Å². The molecule has 0 radical (unpaired) electrons. The fourth-order valence-electron chi connectivity index (χ4n) is 2.90. The van der Waals surface area contributed by atoms with Crippen LogP contribution >= 0.6 is 0 Å². The first-order valence-corrected chi connectivity index (χ1v) is 5.98. The molecular weight excluding hydrogens is 172 g/mol. The molecule has 1 heterocycles. The molecule has 2 heteroatoms. The molecule has 1 saturated heterocycles. The number of likely N-dealkylation sites (tertiary alicyclic amines) is 1. The molecule has 0 aromatic carbocycles. The highest BCUT2D eigenvalue weighted by Crippen LogP contribution is 2.38. The first-order valence-electron chi connectivity index (χ1n) is 5.98. The van der Waals surface area contributed by atoms with Crippen LogP contribution < -0.4 is 0 Å². The van der Waals surface area contributed by atoms with Crippen LogP contribution in [0.5, 0.6) is 0 Å². The molecule has 1 aliphatic carbocycles. The SMILES string of the molecule is N#CC1(CN2CCCCC2)CCCC1. The van der Waals surface area contributed by atoms with E-state index in [4.69, 9.17) is 0 Å². The quantitative estimate of drug-likeness (QED) is 0.672. The lowest BCUT2D eigenvalue weighted by Crippen LogP contribution is -2.38. The fraction of sp³-hybridized carbons (Fsp3) is 0.917. The van der Waals surface area contributed by atoms with Crippen LogP contribution in [-0.4, -0.2) is 24.5 Å². The Bertz CT molecular complexity index is 217. The van der Waals surface area contributed by atoms with Gasteiger partial charge in [0.05, 0.1) is 11.5 Å². The van der Waals surface area contributed by atoms with Crippen LogP contribution in [0.4, 0.5) is 0 Å². The van der Waals surface area contributed by atoms with Gasteiger partial charge in [0.25, 0.3) is 0 Å². The van der Waals surface area contributed by atoms with Gasteiger partial charge in [0.2, 0.25) is 0 Å². The molecule has 0 N–H and O–H groups in total. The minimum Gasteiger partial charge on any atom is -0.302 e. The van der Waals surface area contributed by atoms with Crippen LogP contribution in [0.25, 0.3) is 0 Å². The van der Waals surface area contributed by atoms with Gasteiger partial charge >= 0.3 is 0 Å². The van der Waals surface area contributed by atoms with Gasteiger partial charge in [0, 0.05) is 6.54 Å². The van der Waals surface area contributed by atoms with Gasteiger partial charge in [0.15, 0.2) is 0 Å². The number of hydrogen-bond donors (Lipinski definition) is 0. The number of nitrogens with zero attached hydrogens (tertiary/aromatic N) is 2. The topological polar surface area (TPSA) is 27.0 Å².